The molecule has 2 atom stereocenters. The van der Waals surface area contributed by atoms with Gasteiger partial charge in [-0.15, -0.1) is 0 Å². The molecule has 1 heterocycles. The molecule has 1 aliphatic carbocycles. The van der Waals surface area contributed by atoms with E-state index in [-0.39, 0.29) is 11.8 Å². The third-order valence-electron chi connectivity index (χ3n) is 8.12. The largest absolute Gasteiger partial charge is 0.394 e. The van der Waals surface area contributed by atoms with Crippen LogP contribution >= 0.6 is 0 Å². The highest BCUT2D eigenvalue weighted by atomic mass is 16.3. The summed E-state index contributed by atoms with van der Waals surface area (Å²) in [5.41, 5.74) is 5.62. The lowest BCUT2D eigenvalue weighted by Gasteiger charge is -2.24. The number of hydrogen-bond acceptors (Lipinski definition) is 6. The SMILES string of the molecule is NCCCC[C@H](NC(=O)[C@H](CO)NC(=O)CCCCCCCCCCn1ccnc1)C(=O)NCCC1CCCCC1. The van der Waals surface area contributed by atoms with Crippen LogP contribution in [-0.2, 0) is 20.9 Å². The highest BCUT2D eigenvalue weighted by Crippen LogP contribution is 2.25. The molecular weight excluding hydrogens is 520 g/mol. The van der Waals surface area contributed by atoms with Gasteiger partial charge in [-0.1, -0.05) is 70.6 Å². The van der Waals surface area contributed by atoms with Crippen LogP contribution in [0.5, 0.6) is 0 Å². The van der Waals surface area contributed by atoms with Crippen molar-refractivity contribution in [3.63, 3.8) is 0 Å². The average Bonchev–Trinajstić information content (AvgIpc) is 3.50. The average molecular weight is 577 g/mol. The fraction of sp³-hybridized carbons (Fsp3) is 0.806. The molecule has 41 heavy (non-hydrogen) atoms. The number of carbonyl (C=O) groups is 3. The zero-order chi connectivity index (χ0) is 29.5. The summed E-state index contributed by atoms with van der Waals surface area (Å²) >= 11 is 0. The molecule has 3 amide bonds. The minimum absolute atomic E-state index is 0.215. The van der Waals surface area contributed by atoms with Gasteiger partial charge in [0.1, 0.15) is 12.1 Å². The Kier molecular flexibility index (Phi) is 18.8. The molecule has 0 bridgehead atoms. The van der Waals surface area contributed by atoms with Gasteiger partial charge in [0, 0.05) is 31.9 Å². The molecule has 10 heteroatoms. The second-order valence-corrected chi connectivity index (χ2v) is 11.6. The van der Waals surface area contributed by atoms with E-state index in [1.165, 1.54) is 51.4 Å². The number of rotatable bonds is 23. The lowest BCUT2D eigenvalue weighted by Crippen LogP contribution is -2.55. The second-order valence-electron chi connectivity index (χ2n) is 11.6. The van der Waals surface area contributed by atoms with Gasteiger partial charge >= 0.3 is 0 Å². The van der Waals surface area contributed by atoms with E-state index >= 15 is 0 Å². The number of nitrogens with two attached hydrogens (primary N) is 1. The number of aliphatic hydroxyl groups excluding tert-OH is 1. The summed E-state index contributed by atoms with van der Waals surface area (Å²) < 4.78 is 2.11. The fourth-order valence-electron chi connectivity index (χ4n) is 5.55. The summed E-state index contributed by atoms with van der Waals surface area (Å²) in [6.07, 6.45) is 23.9. The molecule has 2 rings (SSSR count). The Hall–Kier alpha value is -2.46. The lowest BCUT2D eigenvalue weighted by molar-refractivity contribution is -0.133. The molecule has 0 aliphatic heterocycles. The Bertz CT molecular complexity index is 829. The Morgan fingerprint density at radius 2 is 1.59 bits per heavy atom. The maximum absolute atomic E-state index is 12.9. The topological polar surface area (TPSA) is 151 Å². The minimum Gasteiger partial charge on any atom is -0.394 e. The van der Waals surface area contributed by atoms with Gasteiger partial charge in [-0.3, -0.25) is 14.4 Å². The summed E-state index contributed by atoms with van der Waals surface area (Å²) in [5.74, 6) is -0.344. The zero-order valence-electron chi connectivity index (χ0n) is 25.2. The number of aliphatic hydroxyl groups is 1. The maximum atomic E-state index is 12.9. The molecule has 0 saturated heterocycles. The first kappa shape index (κ1) is 34.7. The molecule has 234 valence electrons. The number of nitrogens with zero attached hydrogens (tertiary/aromatic N) is 2. The standard InChI is InChI=1S/C31H56N6O4/c32-19-12-11-16-27(30(40)34-20-18-26-14-8-7-9-15-26)36-31(41)28(24-38)35-29(39)17-10-5-3-1-2-4-6-13-22-37-23-21-33-25-37/h21,23,25-28,38H,1-20,22,24,32H2,(H,34,40)(H,35,39)(H,36,41)/t27-,28-/m0/s1. The van der Waals surface area contributed by atoms with Crippen molar-refractivity contribution in [2.75, 3.05) is 19.7 Å². The Morgan fingerprint density at radius 1 is 0.878 bits per heavy atom. The van der Waals surface area contributed by atoms with Crippen molar-refractivity contribution in [3.8, 4) is 0 Å². The van der Waals surface area contributed by atoms with Crippen molar-refractivity contribution in [2.45, 2.75) is 134 Å². The molecule has 1 aromatic heterocycles. The van der Waals surface area contributed by atoms with Gasteiger partial charge in [-0.25, -0.2) is 4.98 Å². The van der Waals surface area contributed by atoms with Crippen LogP contribution in [-0.4, -0.2) is 64.2 Å². The normalized spacial score (nSPS) is 15.3. The van der Waals surface area contributed by atoms with Crippen molar-refractivity contribution in [3.05, 3.63) is 18.7 Å². The first-order valence-corrected chi connectivity index (χ1v) is 16.2. The van der Waals surface area contributed by atoms with E-state index in [4.69, 9.17) is 5.73 Å². The van der Waals surface area contributed by atoms with Crippen molar-refractivity contribution < 1.29 is 19.5 Å². The smallest absolute Gasteiger partial charge is 0.245 e. The number of hydrogen-bond donors (Lipinski definition) is 5. The van der Waals surface area contributed by atoms with Crippen LogP contribution in [0.15, 0.2) is 18.7 Å². The fourth-order valence-corrected chi connectivity index (χ4v) is 5.55. The highest BCUT2D eigenvalue weighted by Gasteiger charge is 2.26. The van der Waals surface area contributed by atoms with Gasteiger partial charge in [-0.05, 0) is 51.0 Å². The van der Waals surface area contributed by atoms with Gasteiger partial charge in [0.2, 0.25) is 17.7 Å². The van der Waals surface area contributed by atoms with E-state index in [0.29, 0.717) is 38.3 Å². The van der Waals surface area contributed by atoms with E-state index in [2.05, 4.69) is 25.5 Å². The number of amides is 3. The van der Waals surface area contributed by atoms with Gasteiger partial charge in [0.25, 0.3) is 0 Å². The van der Waals surface area contributed by atoms with E-state index in [9.17, 15) is 19.5 Å². The molecule has 1 fully saturated rings. The third kappa shape index (κ3) is 15.9. The molecule has 1 aliphatic rings. The van der Waals surface area contributed by atoms with Crippen molar-refractivity contribution >= 4 is 17.7 Å². The summed E-state index contributed by atoms with van der Waals surface area (Å²) in [4.78, 5) is 42.3. The number of aromatic nitrogens is 2. The molecule has 0 radical (unpaired) electrons. The van der Waals surface area contributed by atoms with Crippen molar-refractivity contribution in [1.29, 1.82) is 0 Å². The zero-order valence-corrected chi connectivity index (χ0v) is 25.2. The molecule has 1 aromatic rings. The van der Waals surface area contributed by atoms with Gasteiger partial charge < -0.3 is 31.4 Å². The van der Waals surface area contributed by atoms with Crippen LogP contribution in [0.2, 0.25) is 0 Å². The number of nitrogens with one attached hydrogen (secondary N) is 3. The number of aryl methyl sites for hydroxylation is 1. The van der Waals surface area contributed by atoms with Crippen LogP contribution < -0.4 is 21.7 Å². The Labute approximate surface area is 247 Å². The minimum atomic E-state index is -1.07. The van der Waals surface area contributed by atoms with Crippen LogP contribution in [0.25, 0.3) is 0 Å². The summed E-state index contributed by atoms with van der Waals surface area (Å²) in [5, 5.41) is 18.2. The van der Waals surface area contributed by atoms with Crippen LogP contribution in [0.1, 0.15) is 116 Å². The molecular formula is C31H56N6O4. The number of unbranched alkanes of at least 4 members (excludes halogenated alkanes) is 8. The van der Waals surface area contributed by atoms with E-state index in [0.717, 1.165) is 51.5 Å². The first-order chi connectivity index (χ1) is 20.0. The highest BCUT2D eigenvalue weighted by molar-refractivity contribution is 5.92. The van der Waals surface area contributed by atoms with E-state index in [1.54, 1.807) is 6.20 Å². The molecule has 6 N–H and O–H groups in total. The Balaban J connectivity index is 1.61. The summed E-state index contributed by atoms with van der Waals surface area (Å²) in [6.45, 7) is 1.62. The monoisotopic (exact) mass is 576 g/mol. The van der Waals surface area contributed by atoms with Crippen LogP contribution in [0, 0.1) is 5.92 Å². The second kappa shape index (κ2) is 22.2. The van der Waals surface area contributed by atoms with Crippen molar-refractivity contribution in [2.24, 2.45) is 11.7 Å². The van der Waals surface area contributed by atoms with E-state index < -0.39 is 24.6 Å². The molecule has 0 spiro atoms. The molecule has 10 nitrogen and oxygen atoms in total. The molecule has 0 unspecified atom stereocenters. The van der Waals surface area contributed by atoms with Gasteiger partial charge in [-0.2, -0.15) is 0 Å². The Morgan fingerprint density at radius 3 is 2.24 bits per heavy atom. The lowest BCUT2D eigenvalue weighted by atomic mass is 9.87. The number of imidazole rings is 1. The maximum Gasteiger partial charge on any atom is 0.245 e. The predicted molar refractivity (Wildman–Crippen MR) is 162 cm³/mol. The summed E-state index contributed by atoms with van der Waals surface area (Å²) in [6, 6.07) is -1.78. The first-order valence-electron chi connectivity index (χ1n) is 16.2. The van der Waals surface area contributed by atoms with Gasteiger partial charge in [0.05, 0.1) is 12.9 Å². The quantitative estimate of drug-likeness (QED) is 0.126. The van der Waals surface area contributed by atoms with Crippen LogP contribution in [0.3, 0.4) is 0 Å². The van der Waals surface area contributed by atoms with Gasteiger partial charge in [0.15, 0.2) is 0 Å². The van der Waals surface area contributed by atoms with E-state index in [1.807, 2.05) is 12.5 Å². The predicted octanol–water partition coefficient (Wildman–Crippen LogP) is 3.57. The summed E-state index contributed by atoms with van der Waals surface area (Å²) in [7, 11) is 0. The molecule has 1 saturated carbocycles. The number of carbonyl (C=O) groups excluding carboxylic acids is 3. The van der Waals surface area contributed by atoms with Crippen molar-refractivity contribution in [1.82, 2.24) is 25.5 Å². The van der Waals surface area contributed by atoms with Crippen LogP contribution in [0.4, 0.5) is 0 Å². The molecule has 0 aromatic carbocycles. The third-order valence-corrected chi connectivity index (χ3v) is 8.12.